The molecule has 2 aromatic rings. The van der Waals surface area contributed by atoms with E-state index in [1.807, 2.05) is 25.1 Å². The summed E-state index contributed by atoms with van der Waals surface area (Å²) < 4.78 is 1.61. The number of rotatable bonds is 4. The predicted octanol–water partition coefficient (Wildman–Crippen LogP) is 1.03. The van der Waals surface area contributed by atoms with E-state index in [2.05, 4.69) is 11.2 Å². The molecule has 0 spiro atoms. The highest BCUT2D eigenvalue weighted by molar-refractivity contribution is 5.22. The number of hydrogen-bond acceptors (Lipinski definition) is 2. The maximum atomic E-state index is 11.9. The number of hydrogen-bond donors (Lipinski definition) is 2. The lowest BCUT2D eigenvalue weighted by Crippen LogP contribution is -2.21. The van der Waals surface area contributed by atoms with Crippen molar-refractivity contribution >= 4 is 0 Å². The van der Waals surface area contributed by atoms with Gasteiger partial charge in [0.1, 0.15) is 0 Å². The van der Waals surface area contributed by atoms with Gasteiger partial charge in [0.15, 0.2) is 0 Å². The van der Waals surface area contributed by atoms with Gasteiger partial charge in [-0.1, -0.05) is 29.8 Å². The van der Waals surface area contributed by atoms with E-state index in [1.165, 1.54) is 5.56 Å². The topological polar surface area (TPSA) is 63.8 Å². The van der Waals surface area contributed by atoms with Gasteiger partial charge in [-0.3, -0.25) is 4.79 Å². The Balaban J connectivity index is 2.22. The highest BCUT2D eigenvalue weighted by Gasteiger charge is 2.05. The standard InChI is InChI=1S/C13H17N3O/c1-10-3-2-4-11(7-10)9-16-13(17)12(5-6-14)8-15-16/h2-4,7-8,15H,5-6,9,14H2,1H3. The molecule has 0 unspecified atom stereocenters. The van der Waals surface area contributed by atoms with Crippen LogP contribution in [0.4, 0.5) is 0 Å². The third-order valence-corrected chi connectivity index (χ3v) is 2.75. The molecule has 0 atom stereocenters. The summed E-state index contributed by atoms with van der Waals surface area (Å²) in [5, 5.41) is 2.98. The first kappa shape index (κ1) is 11.7. The van der Waals surface area contributed by atoms with Gasteiger partial charge in [0.2, 0.25) is 0 Å². The Bertz CT molecular complexity index is 554. The first-order chi connectivity index (χ1) is 8.20. The lowest BCUT2D eigenvalue weighted by Gasteiger charge is -2.03. The van der Waals surface area contributed by atoms with Crippen molar-refractivity contribution in [3.8, 4) is 0 Å². The summed E-state index contributed by atoms with van der Waals surface area (Å²) >= 11 is 0. The lowest BCUT2D eigenvalue weighted by molar-refractivity contribution is 0.661. The van der Waals surface area contributed by atoms with Crippen LogP contribution in [0.3, 0.4) is 0 Å². The molecule has 2 rings (SSSR count). The van der Waals surface area contributed by atoms with Gasteiger partial charge in [0.05, 0.1) is 6.54 Å². The Labute approximate surface area is 100 Å². The van der Waals surface area contributed by atoms with E-state index in [0.29, 0.717) is 19.5 Å². The number of aromatic nitrogens is 2. The molecule has 3 N–H and O–H groups in total. The number of nitrogens with one attached hydrogen (secondary N) is 1. The van der Waals surface area contributed by atoms with E-state index in [-0.39, 0.29) is 5.56 Å². The first-order valence-electron chi connectivity index (χ1n) is 5.73. The van der Waals surface area contributed by atoms with Crippen LogP contribution in [0.5, 0.6) is 0 Å². The fourth-order valence-electron chi connectivity index (χ4n) is 1.89. The van der Waals surface area contributed by atoms with Gasteiger partial charge < -0.3 is 10.8 Å². The highest BCUT2D eigenvalue weighted by Crippen LogP contribution is 2.05. The molecule has 4 heteroatoms. The molecule has 0 aliphatic rings. The molecule has 1 aromatic heterocycles. The molecule has 0 aliphatic heterocycles. The van der Waals surface area contributed by atoms with Crippen LogP contribution in [0, 0.1) is 6.92 Å². The van der Waals surface area contributed by atoms with E-state index in [0.717, 1.165) is 11.1 Å². The van der Waals surface area contributed by atoms with Crippen LogP contribution in [0.1, 0.15) is 16.7 Å². The lowest BCUT2D eigenvalue weighted by atomic mass is 10.1. The summed E-state index contributed by atoms with van der Waals surface area (Å²) in [6.45, 7) is 3.11. The molecule has 1 heterocycles. The fourth-order valence-corrected chi connectivity index (χ4v) is 1.89. The van der Waals surface area contributed by atoms with Crippen LogP contribution < -0.4 is 11.3 Å². The Hall–Kier alpha value is -1.81. The largest absolute Gasteiger partial charge is 0.330 e. The number of benzene rings is 1. The van der Waals surface area contributed by atoms with Crippen molar-refractivity contribution in [2.45, 2.75) is 19.9 Å². The smallest absolute Gasteiger partial charge is 0.269 e. The van der Waals surface area contributed by atoms with E-state index < -0.39 is 0 Å². The second-order valence-electron chi connectivity index (χ2n) is 4.22. The molecule has 0 amide bonds. The Morgan fingerprint density at radius 3 is 2.94 bits per heavy atom. The Morgan fingerprint density at radius 2 is 2.24 bits per heavy atom. The van der Waals surface area contributed by atoms with Crippen LogP contribution in [0.15, 0.2) is 35.3 Å². The van der Waals surface area contributed by atoms with Gasteiger partial charge >= 0.3 is 0 Å². The van der Waals surface area contributed by atoms with Gasteiger partial charge in [0, 0.05) is 11.8 Å². The molecule has 1 aromatic carbocycles. The minimum atomic E-state index is 0.0250. The van der Waals surface area contributed by atoms with Crippen molar-refractivity contribution in [1.82, 2.24) is 9.78 Å². The average molecular weight is 231 g/mol. The zero-order valence-electron chi connectivity index (χ0n) is 9.94. The third-order valence-electron chi connectivity index (χ3n) is 2.75. The number of H-pyrrole nitrogens is 1. The van der Waals surface area contributed by atoms with Crippen LogP contribution in [0.25, 0.3) is 0 Å². The van der Waals surface area contributed by atoms with Crippen molar-refractivity contribution < 1.29 is 0 Å². The van der Waals surface area contributed by atoms with E-state index in [9.17, 15) is 4.79 Å². The minimum Gasteiger partial charge on any atom is -0.330 e. The van der Waals surface area contributed by atoms with E-state index in [1.54, 1.807) is 10.9 Å². The average Bonchev–Trinajstić information content (AvgIpc) is 2.62. The van der Waals surface area contributed by atoms with Crippen LogP contribution in [0.2, 0.25) is 0 Å². The zero-order chi connectivity index (χ0) is 12.3. The fraction of sp³-hybridized carbons (Fsp3) is 0.308. The summed E-state index contributed by atoms with van der Waals surface area (Å²) in [4.78, 5) is 11.9. The molecular weight excluding hydrogens is 214 g/mol. The summed E-state index contributed by atoms with van der Waals surface area (Å²) in [7, 11) is 0. The highest BCUT2D eigenvalue weighted by atomic mass is 16.1. The van der Waals surface area contributed by atoms with Gasteiger partial charge in [-0.2, -0.15) is 0 Å². The van der Waals surface area contributed by atoms with Crippen LogP contribution >= 0.6 is 0 Å². The second-order valence-corrected chi connectivity index (χ2v) is 4.22. The van der Waals surface area contributed by atoms with E-state index >= 15 is 0 Å². The van der Waals surface area contributed by atoms with Gasteiger partial charge in [-0.15, -0.1) is 0 Å². The number of aryl methyl sites for hydroxylation is 1. The van der Waals surface area contributed by atoms with Crippen molar-refractivity contribution in [2.75, 3.05) is 6.54 Å². The van der Waals surface area contributed by atoms with Gasteiger partial charge in [0.25, 0.3) is 5.56 Å². The minimum absolute atomic E-state index is 0.0250. The zero-order valence-corrected chi connectivity index (χ0v) is 9.94. The predicted molar refractivity (Wildman–Crippen MR) is 68.1 cm³/mol. The molecule has 0 bridgehead atoms. The van der Waals surface area contributed by atoms with Crippen LogP contribution in [-0.4, -0.2) is 16.3 Å². The SMILES string of the molecule is Cc1cccc(Cn2[nH]cc(CCN)c2=O)c1. The first-order valence-corrected chi connectivity index (χ1v) is 5.73. The molecule has 90 valence electrons. The van der Waals surface area contributed by atoms with Crippen LogP contribution in [-0.2, 0) is 13.0 Å². The molecule has 0 aliphatic carbocycles. The normalized spacial score (nSPS) is 10.7. The summed E-state index contributed by atoms with van der Waals surface area (Å²) in [5.41, 5.74) is 8.54. The molecule has 0 saturated carbocycles. The van der Waals surface area contributed by atoms with E-state index in [4.69, 9.17) is 5.73 Å². The molecule has 17 heavy (non-hydrogen) atoms. The Morgan fingerprint density at radius 1 is 1.41 bits per heavy atom. The van der Waals surface area contributed by atoms with Gasteiger partial charge in [-0.25, -0.2) is 4.68 Å². The molecular formula is C13H17N3O. The third kappa shape index (κ3) is 2.65. The maximum Gasteiger partial charge on any atom is 0.269 e. The molecule has 0 saturated heterocycles. The molecule has 4 nitrogen and oxygen atoms in total. The summed E-state index contributed by atoms with van der Waals surface area (Å²) in [5.74, 6) is 0. The van der Waals surface area contributed by atoms with Crippen molar-refractivity contribution in [3.05, 3.63) is 57.5 Å². The van der Waals surface area contributed by atoms with Crippen molar-refractivity contribution in [1.29, 1.82) is 0 Å². The summed E-state index contributed by atoms with van der Waals surface area (Å²) in [6, 6.07) is 8.14. The number of nitrogens with zero attached hydrogens (tertiary/aromatic N) is 1. The second kappa shape index (κ2) is 5.01. The van der Waals surface area contributed by atoms with Crippen molar-refractivity contribution in [3.63, 3.8) is 0 Å². The molecule has 0 fully saturated rings. The maximum absolute atomic E-state index is 11.9. The Kier molecular flexibility index (Phi) is 3.44. The monoisotopic (exact) mass is 231 g/mol. The quantitative estimate of drug-likeness (QED) is 0.825. The number of nitrogens with two attached hydrogens (primary N) is 1. The van der Waals surface area contributed by atoms with Gasteiger partial charge in [-0.05, 0) is 25.5 Å². The number of aromatic amines is 1. The molecule has 0 radical (unpaired) electrons. The van der Waals surface area contributed by atoms with Crippen molar-refractivity contribution in [2.24, 2.45) is 5.73 Å². The summed E-state index contributed by atoms with van der Waals surface area (Å²) in [6.07, 6.45) is 2.36.